The number of anilines is 1. The zero-order valence-corrected chi connectivity index (χ0v) is 13.0. The number of amides is 1. The maximum absolute atomic E-state index is 13.3. The fraction of sp³-hybridized carbons (Fsp3) is 0.0625. The number of aryl methyl sites for hydroxylation is 1. The minimum absolute atomic E-state index is 0.0687. The zero-order chi connectivity index (χ0) is 18.0. The normalized spacial score (nSPS) is 10.5. The van der Waals surface area contributed by atoms with Crippen LogP contribution in [0.2, 0.25) is 0 Å². The molecule has 1 N–H and O–H groups in total. The fourth-order valence-corrected chi connectivity index (χ4v) is 2.26. The van der Waals surface area contributed by atoms with E-state index in [0.717, 1.165) is 6.07 Å². The van der Waals surface area contributed by atoms with Gasteiger partial charge in [0.2, 0.25) is 0 Å². The molecule has 3 aromatic rings. The number of hydrogen-bond acceptors (Lipinski definition) is 5. The number of nitrogens with one attached hydrogen (secondary N) is 1. The number of rotatable bonds is 4. The van der Waals surface area contributed by atoms with E-state index in [-0.39, 0.29) is 16.9 Å². The standard InChI is InChI=1S/C16H12FN5O3/c1-10-2-4-12(17)7-13(10)20-16(23)11-3-5-14(15(6-11)22(24)25)21-9-18-8-19-21/h2-9H,1H3,(H,20,23). The maximum Gasteiger partial charge on any atom is 0.295 e. The number of nitro groups is 1. The number of carbonyl (C=O) groups excluding carboxylic acids is 1. The van der Waals surface area contributed by atoms with Crippen LogP contribution in [0.1, 0.15) is 15.9 Å². The summed E-state index contributed by atoms with van der Waals surface area (Å²) < 4.78 is 14.6. The number of nitro benzene ring substituents is 1. The lowest BCUT2D eigenvalue weighted by Crippen LogP contribution is -2.14. The van der Waals surface area contributed by atoms with Crippen LogP contribution in [0, 0.1) is 22.9 Å². The maximum atomic E-state index is 13.3. The first-order chi connectivity index (χ1) is 12.0. The summed E-state index contributed by atoms with van der Waals surface area (Å²) >= 11 is 0. The van der Waals surface area contributed by atoms with Crippen molar-refractivity contribution in [2.45, 2.75) is 6.92 Å². The number of benzene rings is 2. The Labute approximate surface area is 141 Å². The van der Waals surface area contributed by atoms with E-state index in [1.807, 2.05) is 0 Å². The molecule has 1 amide bonds. The summed E-state index contributed by atoms with van der Waals surface area (Å²) in [4.78, 5) is 26.8. The van der Waals surface area contributed by atoms with E-state index in [4.69, 9.17) is 0 Å². The molecule has 0 aliphatic heterocycles. The molecule has 0 unspecified atom stereocenters. The molecule has 126 valence electrons. The molecule has 9 heteroatoms. The second kappa shape index (κ2) is 6.48. The lowest BCUT2D eigenvalue weighted by atomic mass is 10.1. The second-order valence-corrected chi connectivity index (χ2v) is 5.21. The number of nitrogens with zero attached hydrogens (tertiary/aromatic N) is 4. The molecule has 0 fully saturated rings. The molecule has 1 heterocycles. The van der Waals surface area contributed by atoms with Crippen LogP contribution in [-0.4, -0.2) is 25.6 Å². The van der Waals surface area contributed by atoms with Crippen molar-refractivity contribution in [2.24, 2.45) is 0 Å². The number of halogens is 1. The molecule has 0 spiro atoms. The lowest BCUT2D eigenvalue weighted by molar-refractivity contribution is -0.384. The van der Waals surface area contributed by atoms with Crippen molar-refractivity contribution in [1.29, 1.82) is 0 Å². The van der Waals surface area contributed by atoms with Crippen molar-refractivity contribution in [1.82, 2.24) is 14.8 Å². The molecule has 3 rings (SSSR count). The van der Waals surface area contributed by atoms with Gasteiger partial charge >= 0.3 is 0 Å². The first-order valence-corrected chi connectivity index (χ1v) is 7.16. The summed E-state index contributed by atoms with van der Waals surface area (Å²) in [6.07, 6.45) is 2.56. The number of hydrogen-bond donors (Lipinski definition) is 1. The van der Waals surface area contributed by atoms with E-state index >= 15 is 0 Å². The van der Waals surface area contributed by atoms with Gasteiger partial charge in [0.05, 0.1) is 4.92 Å². The summed E-state index contributed by atoms with van der Waals surface area (Å²) in [5, 5.41) is 17.7. The van der Waals surface area contributed by atoms with Gasteiger partial charge in [-0.25, -0.2) is 14.1 Å². The topological polar surface area (TPSA) is 103 Å². The Morgan fingerprint density at radius 2 is 2.08 bits per heavy atom. The molecule has 0 saturated heterocycles. The smallest absolute Gasteiger partial charge is 0.295 e. The molecular formula is C16H12FN5O3. The third-order valence-corrected chi connectivity index (χ3v) is 3.55. The highest BCUT2D eigenvalue weighted by Gasteiger charge is 2.19. The van der Waals surface area contributed by atoms with E-state index in [2.05, 4.69) is 15.4 Å². The molecule has 0 aliphatic rings. The molecule has 2 aromatic carbocycles. The van der Waals surface area contributed by atoms with Crippen LogP contribution in [0.3, 0.4) is 0 Å². The van der Waals surface area contributed by atoms with Crippen molar-refractivity contribution < 1.29 is 14.1 Å². The van der Waals surface area contributed by atoms with E-state index in [1.165, 1.54) is 47.7 Å². The minimum atomic E-state index is -0.610. The molecular weight excluding hydrogens is 329 g/mol. The van der Waals surface area contributed by atoms with Gasteiger partial charge in [0, 0.05) is 17.3 Å². The van der Waals surface area contributed by atoms with Crippen molar-refractivity contribution in [3.63, 3.8) is 0 Å². The molecule has 25 heavy (non-hydrogen) atoms. The highest BCUT2D eigenvalue weighted by molar-refractivity contribution is 6.05. The highest BCUT2D eigenvalue weighted by Crippen LogP contribution is 2.24. The predicted octanol–water partition coefficient (Wildman–Crippen LogP) is 2.88. The average Bonchev–Trinajstić information content (AvgIpc) is 3.12. The van der Waals surface area contributed by atoms with Crippen molar-refractivity contribution >= 4 is 17.3 Å². The van der Waals surface area contributed by atoms with Gasteiger partial charge in [-0.3, -0.25) is 14.9 Å². The van der Waals surface area contributed by atoms with Gasteiger partial charge in [-0.1, -0.05) is 6.07 Å². The van der Waals surface area contributed by atoms with Gasteiger partial charge in [-0.2, -0.15) is 5.10 Å². The quantitative estimate of drug-likeness (QED) is 0.580. The minimum Gasteiger partial charge on any atom is -0.322 e. The van der Waals surface area contributed by atoms with Gasteiger partial charge in [-0.05, 0) is 36.8 Å². The third-order valence-electron chi connectivity index (χ3n) is 3.55. The largest absolute Gasteiger partial charge is 0.322 e. The van der Waals surface area contributed by atoms with Gasteiger partial charge in [0.1, 0.15) is 24.2 Å². The SMILES string of the molecule is Cc1ccc(F)cc1NC(=O)c1ccc(-n2cncn2)c([N+](=O)[O-])c1. The van der Waals surface area contributed by atoms with Crippen molar-refractivity contribution in [3.8, 4) is 5.69 Å². The van der Waals surface area contributed by atoms with Crippen LogP contribution < -0.4 is 5.32 Å². The Balaban J connectivity index is 1.95. The van der Waals surface area contributed by atoms with Gasteiger partial charge in [0.25, 0.3) is 11.6 Å². The molecule has 0 aliphatic carbocycles. The summed E-state index contributed by atoms with van der Waals surface area (Å²) in [6.45, 7) is 1.71. The first-order valence-electron chi connectivity index (χ1n) is 7.16. The molecule has 0 saturated carbocycles. The van der Waals surface area contributed by atoms with Crippen LogP contribution in [-0.2, 0) is 0 Å². The molecule has 0 radical (unpaired) electrons. The van der Waals surface area contributed by atoms with Crippen molar-refractivity contribution in [3.05, 3.63) is 76.1 Å². The molecule has 1 aromatic heterocycles. The van der Waals surface area contributed by atoms with Crippen LogP contribution in [0.4, 0.5) is 15.8 Å². The van der Waals surface area contributed by atoms with Crippen molar-refractivity contribution in [2.75, 3.05) is 5.32 Å². The van der Waals surface area contributed by atoms with Crippen LogP contribution in [0.5, 0.6) is 0 Å². The Kier molecular flexibility index (Phi) is 4.21. The van der Waals surface area contributed by atoms with Gasteiger partial charge < -0.3 is 5.32 Å². The monoisotopic (exact) mass is 341 g/mol. The third kappa shape index (κ3) is 3.34. The summed E-state index contributed by atoms with van der Waals surface area (Å²) in [7, 11) is 0. The molecule has 0 bridgehead atoms. The summed E-state index contributed by atoms with van der Waals surface area (Å²) in [5.41, 5.74) is 0.922. The Morgan fingerprint density at radius 3 is 2.76 bits per heavy atom. The predicted molar refractivity (Wildman–Crippen MR) is 87.1 cm³/mol. The zero-order valence-electron chi connectivity index (χ0n) is 13.0. The van der Waals surface area contributed by atoms with E-state index in [9.17, 15) is 19.3 Å². The number of aromatic nitrogens is 3. The summed E-state index contributed by atoms with van der Waals surface area (Å²) in [5.74, 6) is -1.07. The Bertz CT molecular complexity index is 956. The fourth-order valence-electron chi connectivity index (χ4n) is 2.26. The summed E-state index contributed by atoms with van der Waals surface area (Å²) in [6, 6.07) is 7.96. The molecule has 0 atom stereocenters. The molecule has 8 nitrogen and oxygen atoms in total. The van der Waals surface area contributed by atoms with Crippen LogP contribution in [0.25, 0.3) is 5.69 Å². The van der Waals surface area contributed by atoms with E-state index < -0.39 is 16.6 Å². The van der Waals surface area contributed by atoms with Crippen LogP contribution in [0.15, 0.2) is 49.1 Å². The Hall–Kier alpha value is -3.62. The lowest BCUT2D eigenvalue weighted by Gasteiger charge is -2.09. The Morgan fingerprint density at radius 1 is 1.28 bits per heavy atom. The average molecular weight is 341 g/mol. The van der Waals surface area contributed by atoms with Crippen LogP contribution >= 0.6 is 0 Å². The number of carbonyl (C=O) groups is 1. The van der Waals surface area contributed by atoms with E-state index in [0.29, 0.717) is 11.3 Å². The first kappa shape index (κ1) is 16.2. The second-order valence-electron chi connectivity index (χ2n) is 5.21. The van der Waals surface area contributed by atoms with Gasteiger partial charge in [0.15, 0.2) is 0 Å². The van der Waals surface area contributed by atoms with Gasteiger partial charge in [-0.15, -0.1) is 0 Å². The highest BCUT2D eigenvalue weighted by atomic mass is 19.1. The van der Waals surface area contributed by atoms with E-state index in [1.54, 1.807) is 6.92 Å².